The summed E-state index contributed by atoms with van der Waals surface area (Å²) in [5, 5.41) is 10.0. The maximum atomic E-state index is 15.7. The van der Waals surface area contributed by atoms with E-state index < -0.39 is 17.6 Å². The zero-order valence-electron chi connectivity index (χ0n) is 24.5. The molecule has 2 N–H and O–H groups in total. The fourth-order valence-corrected chi connectivity index (χ4v) is 8.73. The van der Waals surface area contributed by atoms with Crippen molar-refractivity contribution in [1.29, 1.82) is 5.26 Å². The molecule has 0 saturated carbocycles. The first-order valence-corrected chi connectivity index (χ1v) is 16.2. The van der Waals surface area contributed by atoms with Crippen LogP contribution in [0.1, 0.15) is 80.2 Å². The molecule has 0 amide bonds. The van der Waals surface area contributed by atoms with Crippen molar-refractivity contribution in [3.63, 3.8) is 0 Å². The summed E-state index contributed by atoms with van der Waals surface area (Å²) in [5.74, 6) is 0.321. The molecule has 4 atom stereocenters. The van der Waals surface area contributed by atoms with Crippen molar-refractivity contribution in [2.24, 2.45) is 5.92 Å². The van der Waals surface area contributed by atoms with E-state index in [4.69, 9.17) is 36.8 Å². The van der Waals surface area contributed by atoms with Crippen LogP contribution in [0.15, 0.2) is 6.07 Å². The van der Waals surface area contributed by atoms with Crippen LogP contribution in [0.2, 0.25) is 5.02 Å². The van der Waals surface area contributed by atoms with Crippen LogP contribution in [0.4, 0.5) is 20.3 Å². The Morgan fingerprint density at radius 3 is 2.91 bits per heavy atom. The van der Waals surface area contributed by atoms with Gasteiger partial charge in [0.05, 0.1) is 30.7 Å². The van der Waals surface area contributed by atoms with Crippen LogP contribution in [-0.4, -0.2) is 59.4 Å². The molecule has 5 heterocycles. The molecule has 4 aliphatic heterocycles. The van der Waals surface area contributed by atoms with E-state index in [9.17, 15) is 9.65 Å². The van der Waals surface area contributed by atoms with Crippen molar-refractivity contribution in [2.45, 2.75) is 94.5 Å². The first-order chi connectivity index (χ1) is 20.8. The van der Waals surface area contributed by atoms with Gasteiger partial charge in [0.15, 0.2) is 5.82 Å². The number of nitrogen functional groups attached to an aromatic ring is 1. The lowest BCUT2D eigenvalue weighted by Gasteiger charge is -2.43. The molecule has 3 fully saturated rings. The molecule has 11 heteroatoms. The van der Waals surface area contributed by atoms with E-state index >= 15 is 4.39 Å². The predicted molar refractivity (Wildman–Crippen MR) is 159 cm³/mol. The number of fused-ring (bicyclic) bond motifs is 4. The number of halogens is 3. The number of alkyl halides is 1. The Balaban J connectivity index is 1.22. The van der Waals surface area contributed by atoms with Crippen molar-refractivity contribution >= 4 is 23.1 Å². The number of rotatable bonds is 5. The molecule has 230 valence electrons. The van der Waals surface area contributed by atoms with Crippen LogP contribution in [0.3, 0.4) is 0 Å². The van der Waals surface area contributed by atoms with Gasteiger partial charge in [-0.1, -0.05) is 11.6 Å². The van der Waals surface area contributed by atoms with Crippen molar-refractivity contribution in [3.05, 3.63) is 39.3 Å². The highest BCUT2D eigenvalue weighted by atomic mass is 35.5. The van der Waals surface area contributed by atoms with Crippen molar-refractivity contribution in [3.8, 4) is 12.1 Å². The van der Waals surface area contributed by atoms with Crippen molar-refractivity contribution < 1.29 is 18.3 Å². The summed E-state index contributed by atoms with van der Waals surface area (Å²) < 4.78 is 42.9. The van der Waals surface area contributed by atoms with Crippen LogP contribution >= 0.6 is 11.6 Å². The van der Waals surface area contributed by atoms with E-state index in [1.165, 1.54) is 6.07 Å². The zero-order chi connectivity index (χ0) is 29.8. The van der Waals surface area contributed by atoms with Gasteiger partial charge in [0.25, 0.3) is 0 Å². The number of hydrogen-bond donors (Lipinski definition) is 1. The molecule has 1 aliphatic carbocycles. The Bertz CT molecular complexity index is 1450. The zero-order valence-corrected chi connectivity index (χ0v) is 25.3. The minimum absolute atomic E-state index is 0.0196. The molecule has 5 aliphatic rings. The van der Waals surface area contributed by atoms with Gasteiger partial charge in [0.1, 0.15) is 17.6 Å². The number of anilines is 2. The fraction of sp³-hybridized carbons (Fsp3) is 0.656. The third-order valence-electron chi connectivity index (χ3n) is 10.6. The van der Waals surface area contributed by atoms with Crippen LogP contribution in [0.5, 0.6) is 6.01 Å². The Morgan fingerprint density at radius 2 is 2.05 bits per heavy atom. The molecule has 3 saturated heterocycles. The molecule has 2 aromatic rings. The van der Waals surface area contributed by atoms with Crippen molar-refractivity contribution in [2.75, 3.05) is 43.4 Å². The van der Waals surface area contributed by atoms with Gasteiger partial charge in [-0.3, -0.25) is 4.90 Å². The van der Waals surface area contributed by atoms with Crippen molar-refractivity contribution in [1.82, 2.24) is 14.9 Å². The SMILES string of the molecule is N#C[C@H]1CCCN(c2nc(OCCC34CCCN3C[C@H](F)C4)nc3c2CO[C@]2(CCCc4c(Cl)cc(N)c(F)c42)C3)CC1. The molecule has 43 heavy (non-hydrogen) atoms. The number of benzene rings is 1. The summed E-state index contributed by atoms with van der Waals surface area (Å²) in [6, 6.07) is 4.21. The topological polar surface area (TPSA) is 101 Å². The van der Waals surface area contributed by atoms with Gasteiger partial charge in [-0.05, 0) is 76.0 Å². The van der Waals surface area contributed by atoms with Gasteiger partial charge in [0.2, 0.25) is 0 Å². The minimum atomic E-state index is -0.930. The third kappa shape index (κ3) is 5.11. The van der Waals surface area contributed by atoms with Crippen LogP contribution in [0.25, 0.3) is 0 Å². The molecule has 0 bridgehead atoms. The van der Waals surface area contributed by atoms with Crippen LogP contribution < -0.4 is 15.4 Å². The quantitative estimate of drug-likeness (QED) is 0.434. The van der Waals surface area contributed by atoms with Crippen LogP contribution in [-0.2, 0) is 29.8 Å². The van der Waals surface area contributed by atoms with Gasteiger partial charge in [-0.2, -0.15) is 15.2 Å². The molecule has 1 aromatic carbocycles. The largest absolute Gasteiger partial charge is 0.463 e. The molecule has 1 unspecified atom stereocenters. The summed E-state index contributed by atoms with van der Waals surface area (Å²) >= 11 is 6.57. The third-order valence-corrected chi connectivity index (χ3v) is 10.9. The first-order valence-electron chi connectivity index (χ1n) is 15.8. The Labute approximate surface area is 256 Å². The molecule has 8 nitrogen and oxygen atoms in total. The Kier molecular flexibility index (Phi) is 7.63. The lowest BCUT2D eigenvalue weighted by Crippen LogP contribution is -2.42. The number of nitriles is 1. The van der Waals surface area contributed by atoms with Gasteiger partial charge >= 0.3 is 6.01 Å². The lowest BCUT2D eigenvalue weighted by atomic mass is 9.74. The normalized spacial score (nSPS) is 30.4. The van der Waals surface area contributed by atoms with Crippen LogP contribution in [0, 0.1) is 23.1 Å². The van der Waals surface area contributed by atoms with E-state index in [2.05, 4.69) is 15.9 Å². The number of ether oxygens (including phenoxy) is 2. The Hall–Kier alpha value is -2.74. The standard InChI is InChI=1S/C32H39ClF2N6O2/c33-24-14-25(37)28(35)27-22(24)5-1-8-32(27)16-26-23(19-43-32)29(40-10-2-4-20(17-36)6-12-40)39-30(38-26)42-13-9-31-7-3-11-41(31)18-21(34)15-31/h14,20-21H,1-13,15-16,18-19,37H2/t20-,21+,31?,32+/m0/s1. The highest BCUT2D eigenvalue weighted by molar-refractivity contribution is 6.31. The predicted octanol–water partition coefficient (Wildman–Crippen LogP) is 5.63. The lowest BCUT2D eigenvalue weighted by molar-refractivity contribution is -0.0876. The highest BCUT2D eigenvalue weighted by Crippen LogP contribution is 2.49. The summed E-state index contributed by atoms with van der Waals surface area (Å²) in [4.78, 5) is 14.3. The van der Waals surface area contributed by atoms with Gasteiger partial charge in [-0.25, -0.2) is 8.78 Å². The summed E-state index contributed by atoms with van der Waals surface area (Å²) in [6.45, 7) is 3.53. The molecular weight excluding hydrogens is 574 g/mol. The molecule has 1 spiro atoms. The number of aromatic nitrogens is 2. The minimum Gasteiger partial charge on any atom is -0.463 e. The molecule has 1 aromatic heterocycles. The second-order valence-electron chi connectivity index (χ2n) is 13.1. The van der Waals surface area contributed by atoms with E-state index in [-0.39, 0.29) is 29.8 Å². The fourth-order valence-electron chi connectivity index (χ4n) is 8.43. The van der Waals surface area contributed by atoms with E-state index in [0.29, 0.717) is 56.0 Å². The maximum absolute atomic E-state index is 15.7. The van der Waals surface area contributed by atoms with Gasteiger partial charge < -0.3 is 20.1 Å². The average molecular weight is 613 g/mol. The molecule has 7 rings (SSSR count). The summed E-state index contributed by atoms with van der Waals surface area (Å²) in [6.07, 6.45) is 7.51. The molecule has 0 radical (unpaired) electrons. The van der Waals surface area contributed by atoms with Gasteiger partial charge in [0, 0.05) is 60.1 Å². The monoisotopic (exact) mass is 612 g/mol. The second-order valence-corrected chi connectivity index (χ2v) is 13.5. The smallest absolute Gasteiger partial charge is 0.318 e. The summed E-state index contributed by atoms with van der Waals surface area (Å²) in [7, 11) is 0. The van der Waals surface area contributed by atoms with Gasteiger partial charge in [-0.15, -0.1) is 0 Å². The van der Waals surface area contributed by atoms with E-state index in [1.54, 1.807) is 0 Å². The van der Waals surface area contributed by atoms with E-state index in [0.717, 1.165) is 80.7 Å². The first kappa shape index (κ1) is 29.0. The number of nitrogens with zero attached hydrogens (tertiary/aromatic N) is 5. The second kappa shape index (κ2) is 11.3. The number of hydrogen-bond acceptors (Lipinski definition) is 8. The maximum Gasteiger partial charge on any atom is 0.318 e. The number of nitrogens with two attached hydrogens (primary N) is 1. The van der Waals surface area contributed by atoms with E-state index in [1.807, 2.05) is 0 Å². The summed E-state index contributed by atoms with van der Waals surface area (Å²) in [5.41, 5.74) is 7.86. The molecular formula is C32H39ClF2N6O2. The highest BCUT2D eigenvalue weighted by Gasteiger charge is 2.49. The average Bonchev–Trinajstić information content (AvgIpc) is 3.39. The Morgan fingerprint density at radius 1 is 1.16 bits per heavy atom.